The standard InChI is InChI=1S/C13H16ClNO2/c1-9-4-6-10(7-5-9)17-13(16)11-3-2-8-15-12(11)14/h2-3,8-10H,4-7H2,1H3. The van der Waals surface area contributed by atoms with Crippen molar-refractivity contribution < 1.29 is 9.53 Å². The van der Waals surface area contributed by atoms with Crippen molar-refractivity contribution in [2.24, 2.45) is 5.92 Å². The molecular formula is C13H16ClNO2. The third-order valence-corrected chi connectivity index (χ3v) is 3.52. The van der Waals surface area contributed by atoms with Gasteiger partial charge in [-0.05, 0) is 43.7 Å². The maximum atomic E-state index is 11.9. The number of nitrogens with zero attached hydrogens (tertiary/aromatic N) is 1. The number of rotatable bonds is 2. The average molecular weight is 254 g/mol. The van der Waals surface area contributed by atoms with E-state index in [9.17, 15) is 4.79 Å². The van der Waals surface area contributed by atoms with Crippen LogP contribution in [0.15, 0.2) is 18.3 Å². The van der Waals surface area contributed by atoms with Gasteiger partial charge in [-0.1, -0.05) is 18.5 Å². The van der Waals surface area contributed by atoms with E-state index in [2.05, 4.69) is 11.9 Å². The molecular weight excluding hydrogens is 238 g/mol. The minimum Gasteiger partial charge on any atom is -0.459 e. The van der Waals surface area contributed by atoms with Crippen LogP contribution >= 0.6 is 11.6 Å². The molecule has 0 spiro atoms. The van der Waals surface area contributed by atoms with E-state index in [1.54, 1.807) is 18.3 Å². The third-order valence-electron chi connectivity index (χ3n) is 3.22. The van der Waals surface area contributed by atoms with Crippen LogP contribution in [0.25, 0.3) is 0 Å². The quantitative estimate of drug-likeness (QED) is 0.598. The summed E-state index contributed by atoms with van der Waals surface area (Å²) < 4.78 is 5.44. The van der Waals surface area contributed by atoms with Crippen molar-refractivity contribution in [2.75, 3.05) is 0 Å². The van der Waals surface area contributed by atoms with E-state index in [0.717, 1.165) is 31.6 Å². The zero-order valence-electron chi connectivity index (χ0n) is 9.86. The molecule has 1 aliphatic carbocycles. The molecule has 3 nitrogen and oxygen atoms in total. The van der Waals surface area contributed by atoms with Crippen molar-refractivity contribution in [3.63, 3.8) is 0 Å². The highest BCUT2D eigenvalue weighted by molar-refractivity contribution is 6.32. The fraction of sp³-hybridized carbons (Fsp3) is 0.538. The molecule has 0 radical (unpaired) electrons. The molecule has 0 aromatic carbocycles. The van der Waals surface area contributed by atoms with Crippen molar-refractivity contribution in [1.29, 1.82) is 0 Å². The monoisotopic (exact) mass is 253 g/mol. The van der Waals surface area contributed by atoms with Gasteiger partial charge in [-0.25, -0.2) is 9.78 Å². The number of hydrogen-bond donors (Lipinski definition) is 0. The van der Waals surface area contributed by atoms with Gasteiger partial charge in [-0.3, -0.25) is 0 Å². The first-order valence-corrected chi connectivity index (χ1v) is 6.36. The number of halogens is 1. The van der Waals surface area contributed by atoms with Crippen molar-refractivity contribution in [2.45, 2.75) is 38.7 Å². The predicted molar refractivity (Wildman–Crippen MR) is 66.1 cm³/mol. The van der Waals surface area contributed by atoms with Gasteiger partial charge in [0, 0.05) is 6.20 Å². The topological polar surface area (TPSA) is 39.2 Å². The summed E-state index contributed by atoms with van der Waals surface area (Å²) in [4.78, 5) is 15.7. The summed E-state index contributed by atoms with van der Waals surface area (Å²) in [7, 11) is 0. The first-order chi connectivity index (χ1) is 8.16. The van der Waals surface area contributed by atoms with Crippen LogP contribution in [0, 0.1) is 5.92 Å². The predicted octanol–water partition coefficient (Wildman–Crippen LogP) is 3.47. The SMILES string of the molecule is CC1CCC(OC(=O)c2cccnc2Cl)CC1. The molecule has 0 amide bonds. The number of pyridine rings is 1. The van der Waals surface area contributed by atoms with Crippen molar-refractivity contribution in [3.8, 4) is 0 Å². The molecule has 92 valence electrons. The molecule has 4 heteroatoms. The lowest BCUT2D eigenvalue weighted by atomic mass is 9.89. The van der Waals surface area contributed by atoms with Crippen LogP contribution in [0.2, 0.25) is 5.15 Å². The number of ether oxygens (including phenoxy) is 1. The maximum Gasteiger partial charge on any atom is 0.341 e. The van der Waals surface area contributed by atoms with Gasteiger partial charge in [0.1, 0.15) is 11.3 Å². The van der Waals surface area contributed by atoms with Crippen LogP contribution in [-0.4, -0.2) is 17.1 Å². The second-order valence-electron chi connectivity index (χ2n) is 4.63. The van der Waals surface area contributed by atoms with Gasteiger partial charge < -0.3 is 4.74 Å². The van der Waals surface area contributed by atoms with E-state index in [1.807, 2.05) is 0 Å². The lowest BCUT2D eigenvalue weighted by Crippen LogP contribution is -2.23. The van der Waals surface area contributed by atoms with Crippen molar-refractivity contribution in [3.05, 3.63) is 29.0 Å². The van der Waals surface area contributed by atoms with E-state index in [4.69, 9.17) is 16.3 Å². The first-order valence-electron chi connectivity index (χ1n) is 5.98. The summed E-state index contributed by atoms with van der Waals surface area (Å²) >= 11 is 5.85. The fourth-order valence-corrected chi connectivity index (χ4v) is 2.30. The molecule has 1 aromatic heterocycles. The van der Waals surface area contributed by atoms with Gasteiger partial charge >= 0.3 is 5.97 Å². The molecule has 0 unspecified atom stereocenters. The Labute approximate surface area is 106 Å². The number of aromatic nitrogens is 1. The molecule has 2 rings (SSSR count). The minimum atomic E-state index is -0.359. The van der Waals surface area contributed by atoms with E-state index < -0.39 is 0 Å². The molecule has 1 fully saturated rings. The van der Waals surface area contributed by atoms with Gasteiger partial charge in [0.05, 0.1) is 5.56 Å². The van der Waals surface area contributed by atoms with E-state index >= 15 is 0 Å². The lowest BCUT2D eigenvalue weighted by Gasteiger charge is -2.26. The molecule has 0 bridgehead atoms. The number of carbonyl (C=O) groups is 1. The van der Waals surface area contributed by atoms with E-state index in [-0.39, 0.29) is 17.2 Å². The van der Waals surface area contributed by atoms with Crippen LogP contribution in [0.3, 0.4) is 0 Å². The highest BCUT2D eigenvalue weighted by atomic mass is 35.5. The Morgan fingerprint density at radius 3 is 2.76 bits per heavy atom. The summed E-state index contributed by atoms with van der Waals surface area (Å²) in [6.45, 7) is 2.23. The highest BCUT2D eigenvalue weighted by Gasteiger charge is 2.23. The lowest BCUT2D eigenvalue weighted by molar-refractivity contribution is 0.0173. The highest BCUT2D eigenvalue weighted by Crippen LogP contribution is 2.26. The number of carbonyl (C=O) groups excluding carboxylic acids is 1. The molecule has 1 aliphatic rings. The largest absolute Gasteiger partial charge is 0.459 e. The molecule has 0 N–H and O–H groups in total. The summed E-state index contributed by atoms with van der Waals surface area (Å²) in [5, 5.41) is 0.210. The van der Waals surface area contributed by atoms with Gasteiger partial charge in [-0.2, -0.15) is 0 Å². The van der Waals surface area contributed by atoms with Crippen LogP contribution in [0.4, 0.5) is 0 Å². The molecule has 1 aromatic rings. The maximum absolute atomic E-state index is 11.9. The molecule has 1 heterocycles. The minimum absolute atomic E-state index is 0.0370. The summed E-state index contributed by atoms with van der Waals surface area (Å²) in [5.74, 6) is 0.384. The number of esters is 1. The van der Waals surface area contributed by atoms with Crippen LogP contribution in [0.1, 0.15) is 43.0 Å². The summed E-state index contributed by atoms with van der Waals surface area (Å²) in [6, 6.07) is 3.33. The van der Waals surface area contributed by atoms with Crippen molar-refractivity contribution in [1.82, 2.24) is 4.98 Å². The normalized spacial score (nSPS) is 24.4. The summed E-state index contributed by atoms with van der Waals surface area (Å²) in [5.41, 5.74) is 0.354. The van der Waals surface area contributed by atoms with E-state index in [0.29, 0.717) is 5.56 Å². The first kappa shape index (κ1) is 12.4. The Morgan fingerprint density at radius 1 is 1.41 bits per heavy atom. The van der Waals surface area contributed by atoms with Gasteiger partial charge in [0.15, 0.2) is 0 Å². The third kappa shape index (κ3) is 3.19. The second-order valence-corrected chi connectivity index (χ2v) is 4.99. The fourth-order valence-electron chi connectivity index (χ4n) is 2.10. The Morgan fingerprint density at radius 2 is 2.12 bits per heavy atom. The zero-order chi connectivity index (χ0) is 12.3. The Kier molecular flexibility index (Phi) is 4.00. The van der Waals surface area contributed by atoms with E-state index in [1.165, 1.54) is 0 Å². The molecule has 0 aliphatic heterocycles. The summed E-state index contributed by atoms with van der Waals surface area (Å²) in [6.07, 6.45) is 5.74. The van der Waals surface area contributed by atoms with Crippen LogP contribution in [0.5, 0.6) is 0 Å². The van der Waals surface area contributed by atoms with Gasteiger partial charge in [0.25, 0.3) is 0 Å². The molecule has 0 saturated heterocycles. The van der Waals surface area contributed by atoms with Gasteiger partial charge in [0.2, 0.25) is 0 Å². The molecule has 17 heavy (non-hydrogen) atoms. The Hall–Kier alpha value is -1.09. The van der Waals surface area contributed by atoms with Crippen LogP contribution < -0.4 is 0 Å². The Bertz CT molecular complexity index is 400. The zero-order valence-corrected chi connectivity index (χ0v) is 10.6. The Balaban J connectivity index is 1.96. The number of hydrogen-bond acceptors (Lipinski definition) is 3. The second kappa shape index (κ2) is 5.50. The van der Waals surface area contributed by atoms with Gasteiger partial charge in [-0.15, -0.1) is 0 Å². The van der Waals surface area contributed by atoms with Crippen molar-refractivity contribution >= 4 is 17.6 Å². The average Bonchev–Trinajstić information content (AvgIpc) is 2.32. The molecule has 1 saturated carbocycles. The smallest absolute Gasteiger partial charge is 0.341 e. The molecule has 0 atom stereocenters. The van der Waals surface area contributed by atoms with Crippen LogP contribution in [-0.2, 0) is 4.74 Å².